The maximum absolute atomic E-state index is 12.8. The van der Waals surface area contributed by atoms with Crippen LogP contribution in [0.5, 0.6) is 0 Å². The van der Waals surface area contributed by atoms with Gasteiger partial charge in [0.05, 0.1) is 31.4 Å². The number of aliphatic hydroxyl groups is 1. The van der Waals surface area contributed by atoms with E-state index >= 15 is 0 Å². The highest BCUT2D eigenvalue weighted by Gasteiger charge is 2.28. The van der Waals surface area contributed by atoms with Crippen molar-refractivity contribution in [3.8, 4) is 0 Å². The average molecular weight is 313 g/mol. The smallest absolute Gasteiger partial charge is 0.256 e. The molecule has 2 rings (SSSR count). The largest absolute Gasteiger partial charge is 0.394 e. The summed E-state index contributed by atoms with van der Waals surface area (Å²) in [4.78, 5) is 14.4. The normalized spacial score (nSPS) is 18.6. The first-order valence-corrected chi connectivity index (χ1v) is 7.58. The number of ether oxygens (including phenoxy) is 1. The summed E-state index contributed by atoms with van der Waals surface area (Å²) >= 11 is 6.03. The molecular weight excluding hydrogens is 292 g/mol. The molecule has 1 aliphatic rings. The molecule has 1 amide bonds. The molecule has 0 bridgehead atoms. The number of nitrogens with one attached hydrogen (secondary N) is 1. The second kappa shape index (κ2) is 7.64. The molecule has 0 aliphatic carbocycles. The van der Waals surface area contributed by atoms with Gasteiger partial charge in [-0.15, -0.1) is 0 Å². The van der Waals surface area contributed by atoms with E-state index in [0.717, 1.165) is 18.7 Å². The Kier molecular flexibility index (Phi) is 5.85. The third kappa shape index (κ3) is 3.87. The number of amides is 1. The summed E-state index contributed by atoms with van der Waals surface area (Å²) < 4.78 is 5.31. The van der Waals surface area contributed by atoms with E-state index in [1.54, 1.807) is 17.0 Å². The number of benzene rings is 1. The highest BCUT2D eigenvalue weighted by Crippen LogP contribution is 2.24. The Hall–Kier alpha value is -1.30. The van der Waals surface area contributed by atoms with Gasteiger partial charge in [-0.3, -0.25) is 4.79 Å². The monoisotopic (exact) mass is 312 g/mol. The third-order valence-electron chi connectivity index (χ3n) is 3.48. The number of morpholine rings is 1. The predicted molar refractivity (Wildman–Crippen MR) is 83.0 cm³/mol. The SMILES string of the molecule is CCCNc1ccc(Cl)cc1C(=O)N1CCOCC1CO. The maximum Gasteiger partial charge on any atom is 0.256 e. The standard InChI is InChI=1S/C15H21ClN2O3/c1-2-5-17-14-4-3-11(16)8-13(14)15(20)18-6-7-21-10-12(18)9-19/h3-4,8,12,17,19H,2,5-7,9-10H2,1H3. The van der Waals surface area contributed by atoms with Crippen molar-refractivity contribution >= 4 is 23.2 Å². The van der Waals surface area contributed by atoms with Crippen LogP contribution in [0.1, 0.15) is 23.7 Å². The van der Waals surface area contributed by atoms with Crippen molar-refractivity contribution in [2.75, 3.05) is 38.2 Å². The molecule has 1 aromatic carbocycles. The number of carbonyl (C=O) groups excluding carboxylic acids is 1. The molecule has 1 fully saturated rings. The Labute approximate surface area is 129 Å². The van der Waals surface area contributed by atoms with Crippen LogP contribution in [-0.2, 0) is 4.74 Å². The Morgan fingerprint density at radius 3 is 3.10 bits per heavy atom. The van der Waals surface area contributed by atoms with Crippen LogP contribution in [0.25, 0.3) is 0 Å². The molecule has 21 heavy (non-hydrogen) atoms. The zero-order valence-corrected chi connectivity index (χ0v) is 12.9. The van der Waals surface area contributed by atoms with Gasteiger partial charge in [-0.2, -0.15) is 0 Å². The van der Waals surface area contributed by atoms with Crippen LogP contribution in [0.15, 0.2) is 18.2 Å². The molecule has 0 saturated carbocycles. The van der Waals surface area contributed by atoms with E-state index in [2.05, 4.69) is 12.2 Å². The van der Waals surface area contributed by atoms with E-state index in [9.17, 15) is 9.90 Å². The van der Waals surface area contributed by atoms with Crippen molar-refractivity contribution in [2.24, 2.45) is 0 Å². The quantitative estimate of drug-likeness (QED) is 0.873. The van der Waals surface area contributed by atoms with E-state index in [-0.39, 0.29) is 18.6 Å². The van der Waals surface area contributed by atoms with E-state index in [4.69, 9.17) is 16.3 Å². The molecule has 2 N–H and O–H groups in total. The molecule has 6 heteroatoms. The molecule has 1 aromatic rings. The number of hydrogen-bond donors (Lipinski definition) is 2. The van der Waals surface area contributed by atoms with Gasteiger partial charge >= 0.3 is 0 Å². The summed E-state index contributed by atoms with van der Waals surface area (Å²) in [5.74, 6) is -0.126. The number of carbonyl (C=O) groups is 1. The van der Waals surface area contributed by atoms with Crippen LogP contribution in [-0.4, -0.2) is 54.9 Å². The first kappa shape index (κ1) is 16.1. The number of aliphatic hydroxyl groups excluding tert-OH is 1. The van der Waals surface area contributed by atoms with Crippen LogP contribution in [0.4, 0.5) is 5.69 Å². The fraction of sp³-hybridized carbons (Fsp3) is 0.533. The second-order valence-electron chi connectivity index (χ2n) is 5.03. The van der Waals surface area contributed by atoms with Crippen LogP contribution in [0.2, 0.25) is 5.02 Å². The highest BCUT2D eigenvalue weighted by atomic mass is 35.5. The molecule has 1 unspecified atom stereocenters. The van der Waals surface area contributed by atoms with Crippen LogP contribution in [0.3, 0.4) is 0 Å². The lowest BCUT2D eigenvalue weighted by Gasteiger charge is -2.35. The molecule has 1 atom stereocenters. The molecule has 5 nitrogen and oxygen atoms in total. The summed E-state index contributed by atoms with van der Waals surface area (Å²) in [5, 5.41) is 13.2. The second-order valence-corrected chi connectivity index (χ2v) is 5.46. The number of anilines is 1. The maximum atomic E-state index is 12.8. The van der Waals surface area contributed by atoms with Crippen molar-refractivity contribution in [3.05, 3.63) is 28.8 Å². The van der Waals surface area contributed by atoms with Gasteiger partial charge in [0.1, 0.15) is 0 Å². The molecule has 1 saturated heterocycles. The summed E-state index contributed by atoms with van der Waals surface area (Å²) in [5.41, 5.74) is 1.31. The third-order valence-corrected chi connectivity index (χ3v) is 3.71. The highest BCUT2D eigenvalue weighted by molar-refractivity contribution is 6.31. The predicted octanol–water partition coefficient (Wildman–Crippen LogP) is 2.00. The van der Waals surface area contributed by atoms with Gasteiger partial charge in [0.2, 0.25) is 0 Å². The first-order valence-electron chi connectivity index (χ1n) is 7.20. The Morgan fingerprint density at radius 2 is 2.38 bits per heavy atom. The van der Waals surface area contributed by atoms with E-state index in [0.29, 0.717) is 30.3 Å². The zero-order valence-electron chi connectivity index (χ0n) is 12.1. The number of rotatable bonds is 5. The number of halogens is 1. The minimum Gasteiger partial charge on any atom is -0.394 e. The summed E-state index contributed by atoms with van der Waals surface area (Å²) in [6, 6.07) is 4.95. The Balaban J connectivity index is 2.26. The number of nitrogens with zero attached hydrogens (tertiary/aromatic N) is 1. The van der Waals surface area contributed by atoms with Crippen molar-refractivity contribution < 1.29 is 14.6 Å². The molecule has 0 spiro atoms. The fourth-order valence-electron chi connectivity index (χ4n) is 2.34. The minimum absolute atomic E-state index is 0.107. The van der Waals surface area contributed by atoms with Crippen molar-refractivity contribution in [2.45, 2.75) is 19.4 Å². The lowest BCUT2D eigenvalue weighted by atomic mass is 10.1. The zero-order chi connectivity index (χ0) is 15.2. The molecule has 0 aromatic heterocycles. The average Bonchev–Trinajstić information content (AvgIpc) is 2.53. The van der Waals surface area contributed by atoms with Gasteiger partial charge in [0.25, 0.3) is 5.91 Å². The van der Waals surface area contributed by atoms with Gasteiger partial charge < -0.3 is 20.1 Å². The lowest BCUT2D eigenvalue weighted by molar-refractivity contribution is -0.0183. The fourth-order valence-corrected chi connectivity index (χ4v) is 2.51. The van der Waals surface area contributed by atoms with Crippen LogP contribution < -0.4 is 5.32 Å². The summed E-state index contributed by atoms with van der Waals surface area (Å²) in [7, 11) is 0. The van der Waals surface area contributed by atoms with Crippen molar-refractivity contribution in [1.29, 1.82) is 0 Å². The van der Waals surface area contributed by atoms with Gasteiger partial charge in [0.15, 0.2) is 0 Å². The van der Waals surface area contributed by atoms with Gasteiger partial charge in [-0.05, 0) is 24.6 Å². The van der Waals surface area contributed by atoms with E-state index in [1.165, 1.54) is 0 Å². The molecule has 1 heterocycles. The Morgan fingerprint density at radius 1 is 1.57 bits per heavy atom. The van der Waals surface area contributed by atoms with Gasteiger partial charge in [-0.1, -0.05) is 18.5 Å². The van der Waals surface area contributed by atoms with Gasteiger partial charge in [0, 0.05) is 23.8 Å². The Bertz CT molecular complexity index is 496. The number of hydrogen-bond acceptors (Lipinski definition) is 4. The summed E-state index contributed by atoms with van der Waals surface area (Å²) in [6.45, 7) is 4.07. The topological polar surface area (TPSA) is 61.8 Å². The molecule has 1 aliphatic heterocycles. The molecule has 116 valence electrons. The lowest BCUT2D eigenvalue weighted by Crippen LogP contribution is -2.50. The van der Waals surface area contributed by atoms with Crippen LogP contribution in [0, 0.1) is 0 Å². The van der Waals surface area contributed by atoms with Crippen molar-refractivity contribution in [3.63, 3.8) is 0 Å². The first-order chi connectivity index (χ1) is 10.2. The van der Waals surface area contributed by atoms with E-state index < -0.39 is 0 Å². The van der Waals surface area contributed by atoms with E-state index in [1.807, 2.05) is 6.07 Å². The van der Waals surface area contributed by atoms with Crippen LogP contribution >= 0.6 is 11.6 Å². The molecule has 0 radical (unpaired) electrons. The minimum atomic E-state index is -0.302. The van der Waals surface area contributed by atoms with Crippen molar-refractivity contribution in [1.82, 2.24) is 4.90 Å². The molecular formula is C15H21ClN2O3. The van der Waals surface area contributed by atoms with Gasteiger partial charge in [-0.25, -0.2) is 0 Å². The summed E-state index contributed by atoms with van der Waals surface area (Å²) in [6.07, 6.45) is 0.965.